The van der Waals surface area contributed by atoms with Gasteiger partial charge in [0.15, 0.2) is 17.4 Å². The number of aryl methyl sites for hydroxylation is 2. The summed E-state index contributed by atoms with van der Waals surface area (Å²) in [5, 5.41) is 22.1. The van der Waals surface area contributed by atoms with Gasteiger partial charge in [0.25, 0.3) is 0 Å². The molecule has 0 unspecified atom stereocenters. The van der Waals surface area contributed by atoms with Crippen LogP contribution in [-0.2, 0) is 0 Å². The molecule has 88 valence electrons. The monoisotopic (exact) mass is 235 g/mol. The molecule has 0 saturated heterocycles. The van der Waals surface area contributed by atoms with Crippen LogP contribution in [0.5, 0.6) is 0 Å². The van der Waals surface area contributed by atoms with Crippen LogP contribution in [0, 0.1) is 24.0 Å². The van der Waals surface area contributed by atoms with E-state index in [0.29, 0.717) is 17.4 Å². The first-order valence-electron chi connectivity index (χ1n) is 4.75. The lowest BCUT2D eigenvalue weighted by molar-refractivity contribution is -0.402. The summed E-state index contributed by atoms with van der Waals surface area (Å²) < 4.78 is 6.43. The first-order valence-corrected chi connectivity index (χ1v) is 4.75. The van der Waals surface area contributed by atoms with Crippen molar-refractivity contribution in [2.24, 2.45) is 5.10 Å². The molecule has 0 saturated carbocycles. The third-order valence-corrected chi connectivity index (χ3v) is 2.05. The van der Waals surface area contributed by atoms with Gasteiger partial charge in [-0.3, -0.25) is 10.1 Å². The molecule has 17 heavy (non-hydrogen) atoms. The molecule has 8 nitrogen and oxygen atoms in total. The second-order valence-corrected chi connectivity index (χ2v) is 3.28. The second-order valence-electron chi connectivity index (χ2n) is 3.28. The molecule has 2 heterocycles. The minimum Gasteiger partial charge on any atom is -0.400 e. The van der Waals surface area contributed by atoms with Crippen molar-refractivity contribution in [3.05, 3.63) is 39.7 Å². The van der Waals surface area contributed by atoms with Crippen LogP contribution in [0.25, 0.3) is 0 Å². The molecule has 0 amide bonds. The molecular formula is C9H9N5O3. The predicted molar refractivity (Wildman–Crippen MR) is 57.9 cm³/mol. The molecule has 0 aliphatic rings. The fraction of sp³-hybridized carbons (Fsp3) is 0.222. The lowest BCUT2D eigenvalue weighted by Crippen LogP contribution is -1.95. The van der Waals surface area contributed by atoms with Gasteiger partial charge >= 0.3 is 5.88 Å². The van der Waals surface area contributed by atoms with Gasteiger partial charge in [-0.25, -0.2) is 4.68 Å². The van der Waals surface area contributed by atoms with E-state index in [0.717, 1.165) is 0 Å². The highest BCUT2D eigenvalue weighted by molar-refractivity contribution is 5.76. The summed E-state index contributed by atoms with van der Waals surface area (Å²) in [6.07, 6.45) is 1.37. The van der Waals surface area contributed by atoms with Crippen molar-refractivity contribution in [3.8, 4) is 0 Å². The van der Waals surface area contributed by atoms with E-state index in [9.17, 15) is 10.1 Å². The number of rotatable bonds is 3. The van der Waals surface area contributed by atoms with Crippen LogP contribution in [0.4, 0.5) is 5.88 Å². The third kappa shape index (κ3) is 2.19. The minimum absolute atomic E-state index is 0.296. The van der Waals surface area contributed by atoms with Crippen LogP contribution in [0.15, 0.2) is 21.7 Å². The topological polar surface area (TPSA) is 99.3 Å². The Morgan fingerprint density at radius 1 is 1.41 bits per heavy atom. The highest BCUT2D eigenvalue weighted by Crippen LogP contribution is 2.14. The van der Waals surface area contributed by atoms with Gasteiger partial charge < -0.3 is 4.42 Å². The summed E-state index contributed by atoms with van der Waals surface area (Å²) in [5.74, 6) is 1.23. The van der Waals surface area contributed by atoms with Gasteiger partial charge in [0.1, 0.15) is 4.92 Å². The Balaban J connectivity index is 2.23. The van der Waals surface area contributed by atoms with Gasteiger partial charge in [0.2, 0.25) is 0 Å². The van der Waals surface area contributed by atoms with Crippen molar-refractivity contribution >= 4 is 12.1 Å². The van der Waals surface area contributed by atoms with Gasteiger partial charge in [-0.15, -0.1) is 10.2 Å². The standard InChI is InChI=1S/C9H9N5O3/c1-6-11-12-7(2)13(6)10-5-8-3-4-9(17-8)14(15)16/h3-5H,1-2H3/b10-5+. The smallest absolute Gasteiger partial charge is 0.400 e. The molecular weight excluding hydrogens is 226 g/mol. The Morgan fingerprint density at radius 3 is 2.59 bits per heavy atom. The van der Waals surface area contributed by atoms with Crippen LogP contribution in [0.2, 0.25) is 0 Å². The number of furan rings is 1. The highest BCUT2D eigenvalue weighted by Gasteiger charge is 2.10. The van der Waals surface area contributed by atoms with Crippen molar-refractivity contribution in [1.82, 2.24) is 14.9 Å². The quantitative estimate of drug-likeness (QED) is 0.453. The molecule has 0 radical (unpaired) electrons. The molecule has 2 aromatic heterocycles. The first kappa shape index (κ1) is 11.0. The van der Waals surface area contributed by atoms with Crippen molar-refractivity contribution in [3.63, 3.8) is 0 Å². The minimum atomic E-state index is -0.605. The van der Waals surface area contributed by atoms with Crippen molar-refractivity contribution < 1.29 is 9.34 Å². The van der Waals surface area contributed by atoms with Crippen molar-refractivity contribution in [2.75, 3.05) is 0 Å². The highest BCUT2D eigenvalue weighted by atomic mass is 16.6. The fourth-order valence-electron chi connectivity index (χ4n) is 1.26. The maximum absolute atomic E-state index is 10.4. The van der Waals surface area contributed by atoms with Gasteiger partial charge in [0.05, 0.1) is 12.3 Å². The molecule has 0 aromatic carbocycles. The molecule has 0 fully saturated rings. The molecule has 0 bridgehead atoms. The average molecular weight is 235 g/mol. The van der Waals surface area contributed by atoms with E-state index in [1.54, 1.807) is 13.8 Å². The summed E-state index contributed by atoms with van der Waals surface area (Å²) >= 11 is 0. The van der Waals surface area contributed by atoms with Gasteiger partial charge in [-0.2, -0.15) is 5.10 Å². The molecule has 2 rings (SSSR count). The molecule has 2 aromatic rings. The van der Waals surface area contributed by atoms with E-state index in [-0.39, 0.29) is 5.88 Å². The maximum atomic E-state index is 10.4. The Bertz CT molecular complexity index is 564. The lowest BCUT2D eigenvalue weighted by atomic mass is 10.5. The summed E-state index contributed by atoms with van der Waals surface area (Å²) in [6, 6.07) is 2.74. The SMILES string of the molecule is Cc1nnc(C)n1/N=C/c1ccc([N+](=O)[O-])o1. The second kappa shape index (κ2) is 4.16. The van der Waals surface area contributed by atoms with E-state index in [2.05, 4.69) is 15.3 Å². The number of nitro groups is 1. The summed E-state index contributed by atoms with van der Waals surface area (Å²) in [4.78, 5) is 9.79. The van der Waals surface area contributed by atoms with Crippen LogP contribution >= 0.6 is 0 Å². The number of hydrogen-bond donors (Lipinski definition) is 0. The van der Waals surface area contributed by atoms with Gasteiger partial charge in [0, 0.05) is 0 Å². The normalized spacial score (nSPS) is 11.2. The number of aromatic nitrogens is 3. The van der Waals surface area contributed by atoms with E-state index in [1.165, 1.54) is 23.0 Å². The largest absolute Gasteiger partial charge is 0.433 e. The molecule has 0 aliphatic heterocycles. The molecule has 8 heteroatoms. The number of hydrogen-bond acceptors (Lipinski definition) is 6. The summed E-state index contributed by atoms with van der Waals surface area (Å²) in [5.41, 5.74) is 0. The van der Waals surface area contributed by atoms with E-state index >= 15 is 0 Å². The lowest BCUT2D eigenvalue weighted by Gasteiger charge is -1.94. The Morgan fingerprint density at radius 2 is 2.06 bits per heavy atom. The molecule has 0 aliphatic carbocycles. The Kier molecular flexibility index (Phi) is 2.69. The molecule has 0 N–H and O–H groups in total. The zero-order valence-electron chi connectivity index (χ0n) is 9.19. The van der Waals surface area contributed by atoms with Crippen LogP contribution in [0.3, 0.4) is 0 Å². The molecule has 0 atom stereocenters. The zero-order chi connectivity index (χ0) is 12.4. The summed E-state index contributed by atoms with van der Waals surface area (Å²) in [6.45, 7) is 3.50. The maximum Gasteiger partial charge on any atom is 0.433 e. The van der Waals surface area contributed by atoms with E-state index in [4.69, 9.17) is 4.42 Å². The molecule has 0 spiro atoms. The zero-order valence-corrected chi connectivity index (χ0v) is 9.19. The van der Waals surface area contributed by atoms with Crippen LogP contribution < -0.4 is 0 Å². The number of nitrogens with zero attached hydrogens (tertiary/aromatic N) is 5. The fourth-order valence-corrected chi connectivity index (χ4v) is 1.26. The van der Waals surface area contributed by atoms with Gasteiger partial charge in [-0.05, 0) is 19.9 Å². The predicted octanol–water partition coefficient (Wildman–Crippen LogP) is 1.28. The summed E-state index contributed by atoms with van der Waals surface area (Å²) in [7, 11) is 0. The van der Waals surface area contributed by atoms with Crippen molar-refractivity contribution in [2.45, 2.75) is 13.8 Å². The van der Waals surface area contributed by atoms with Crippen molar-refractivity contribution in [1.29, 1.82) is 0 Å². The van der Waals surface area contributed by atoms with Crippen LogP contribution in [-0.4, -0.2) is 26.0 Å². The Labute approximate surface area is 95.7 Å². The van der Waals surface area contributed by atoms with Crippen LogP contribution in [0.1, 0.15) is 17.4 Å². The van der Waals surface area contributed by atoms with E-state index in [1.807, 2.05) is 0 Å². The Hall–Kier alpha value is -2.51. The van der Waals surface area contributed by atoms with E-state index < -0.39 is 4.92 Å². The third-order valence-electron chi connectivity index (χ3n) is 2.05. The first-order chi connectivity index (χ1) is 8.08. The average Bonchev–Trinajstić information content (AvgIpc) is 2.85. The van der Waals surface area contributed by atoms with Gasteiger partial charge in [-0.1, -0.05) is 0 Å².